The minimum Gasteiger partial charge on any atom is -0.318 e. The SMILES string of the molecule is NCS(=O)(=O)CN. The van der Waals surface area contributed by atoms with Crippen LogP contribution in [-0.2, 0) is 9.84 Å². The summed E-state index contributed by atoms with van der Waals surface area (Å²) in [6.45, 7) is 0. The van der Waals surface area contributed by atoms with Crippen LogP contribution in [0.15, 0.2) is 0 Å². The van der Waals surface area contributed by atoms with Crippen LogP contribution in [0.5, 0.6) is 0 Å². The largest absolute Gasteiger partial charge is 0.318 e. The van der Waals surface area contributed by atoms with Gasteiger partial charge in [-0.25, -0.2) is 8.42 Å². The lowest BCUT2D eigenvalue weighted by Gasteiger charge is -1.89. The van der Waals surface area contributed by atoms with Gasteiger partial charge in [-0.2, -0.15) is 0 Å². The first-order chi connectivity index (χ1) is 3.12. The van der Waals surface area contributed by atoms with Crippen molar-refractivity contribution in [3.63, 3.8) is 0 Å². The second-order valence-electron chi connectivity index (χ2n) is 1.08. The molecule has 0 aromatic carbocycles. The van der Waals surface area contributed by atoms with Gasteiger partial charge in [0.05, 0.1) is 11.8 Å². The van der Waals surface area contributed by atoms with Gasteiger partial charge in [-0.3, -0.25) is 0 Å². The maximum atomic E-state index is 10.1. The molecule has 44 valence electrons. The molecular formula is C2H8N2O2S. The molecule has 0 unspecified atom stereocenters. The number of hydrogen-bond acceptors (Lipinski definition) is 4. The van der Waals surface area contributed by atoms with Gasteiger partial charge < -0.3 is 11.5 Å². The monoisotopic (exact) mass is 124 g/mol. The van der Waals surface area contributed by atoms with Crippen LogP contribution in [0.2, 0.25) is 0 Å². The number of nitrogens with two attached hydrogens (primary N) is 2. The molecule has 0 aromatic rings. The molecule has 0 saturated heterocycles. The zero-order chi connectivity index (χ0) is 5.91. The zero-order valence-electron chi connectivity index (χ0n) is 3.79. The van der Waals surface area contributed by atoms with E-state index in [4.69, 9.17) is 11.5 Å². The minimum absolute atomic E-state index is 0.358. The van der Waals surface area contributed by atoms with Crippen molar-refractivity contribution in [2.75, 3.05) is 11.8 Å². The highest BCUT2D eigenvalue weighted by Gasteiger charge is 2.00. The van der Waals surface area contributed by atoms with Gasteiger partial charge in [-0.1, -0.05) is 0 Å². The Balaban J connectivity index is 3.89. The van der Waals surface area contributed by atoms with Crippen molar-refractivity contribution < 1.29 is 8.42 Å². The van der Waals surface area contributed by atoms with E-state index in [-0.39, 0.29) is 11.8 Å². The Morgan fingerprint density at radius 2 is 1.43 bits per heavy atom. The molecule has 0 heterocycles. The molecule has 4 nitrogen and oxygen atoms in total. The predicted octanol–water partition coefficient (Wildman–Crippen LogP) is -1.77. The first-order valence-electron chi connectivity index (χ1n) is 1.73. The minimum atomic E-state index is -3.10. The van der Waals surface area contributed by atoms with E-state index in [1.807, 2.05) is 0 Å². The van der Waals surface area contributed by atoms with Crippen LogP contribution in [0, 0.1) is 0 Å². The Morgan fingerprint density at radius 1 is 1.14 bits per heavy atom. The molecule has 0 radical (unpaired) electrons. The standard InChI is InChI=1S/C2H8N2O2S/c3-1-7(5,6)2-4/h1-4H2. The second kappa shape index (κ2) is 2.25. The average molecular weight is 124 g/mol. The first-order valence-corrected chi connectivity index (χ1v) is 3.55. The van der Waals surface area contributed by atoms with Crippen molar-refractivity contribution in [3.05, 3.63) is 0 Å². The fourth-order valence-corrected chi connectivity index (χ4v) is 0.204. The maximum absolute atomic E-state index is 10.1. The summed E-state index contributed by atoms with van der Waals surface area (Å²) in [5, 5.41) is 0. The molecule has 7 heavy (non-hydrogen) atoms. The van der Waals surface area contributed by atoms with Crippen LogP contribution in [0.1, 0.15) is 0 Å². The summed E-state index contributed by atoms with van der Waals surface area (Å²) in [6, 6.07) is 0. The van der Waals surface area contributed by atoms with Gasteiger partial charge in [0, 0.05) is 0 Å². The molecule has 0 fully saturated rings. The van der Waals surface area contributed by atoms with Crippen molar-refractivity contribution in [3.8, 4) is 0 Å². The Bertz CT molecular complexity index is 117. The van der Waals surface area contributed by atoms with Gasteiger partial charge in [0.2, 0.25) is 0 Å². The Morgan fingerprint density at radius 3 is 1.43 bits per heavy atom. The smallest absolute Gasteiger partial charge is 0.175 e. The highest BCUT2D eigenvalue weighted by atomic mass is 32.2. The third-order valence-electron chi connectivity index (χ3n) is 0.508. The third-order valence-corrected chi connectivity index (χ3v) is 1.52. The Hall–Kier alpha value is -0.130. The Kier molecular flexibility index (Phi) is 2.21. The summed E-state index contributed by atoms with van der Waals surface area (Å²) in [4.78, 5) is 0. The van der Waals surface area contributed by atoms with Crippen molar-refractivity contribution in [1.82, 2.24) is 0 Å². The van der Waals surface area contributed by atoms with Gasteiger partial charge in [-0.05, 0) is 0 Å². The van der Waals surface area contributed by atoms with Gasteiger partial charge in [0.1, 0.15) is 0 Å². The van der Waals surface area contributed by atoms with E-state index in [0.717, 1.165) is 0 Å². The third kappa shape index (κ3) is 2.55. The van der Waals surface area contributed by atoms with Crippen LogP contribution in [0.25, 0.3) is 0 Å². The predicted molar refractivity (Wildman–Crippen MR) is 27.0 cm³/mol. The summed E-state index contributed by atoms with van der Waals surface area (Å²) >= 11 is 0. The molecule has 0 aliphatic carbocycles. The first kappa shape index (κ1) is 6.87. The molecule has 0 atom stereocenters. The molecule has 0 aromatic heterocycles. The van der Waals surface area contributed by atoms with E-state index in [9.17, 15) is 8.42 Å². The number of rotatable bonds is 2. The van der Waals surface area contributed by atoms with E-state index in [2.05, 4.69) is 0 Å². The average Bonchev–Trinajstić information content (AvgIpc) is 1.68. The normalized spacial score (nSPS) is 11.7. The molecule has 0 amide bonds. The summed E-state index contributed by atoms with van der Waals surface area (Å²) in [5.41, 5.74) is 9.50. The van der Waals surface area contributed by atoms with Crippen LogP contribution in [-0.4, -0.2) is 20.2 Å². The summed E-state index contributed by atoms with van der Waals surface area (Å²) < 4.78 is 20.2. The van der Waals surface area contributed by atoms with E-state index in [1.54, 1.807) is 0 Å². The molecule has 5 heteroatoms. The lowest BCUT2D eigenvalue weighted by molar-refractivity contribution is 0.596. The van der Waals surface area contributed by atoms with Crippen LogP contribution < -0.4 is 11.5 Å². The number of sulfone groups is 1. The van der Waals surface area contributed by atoms with Crippen molar-refractivity contribution in [2.45, 2.75) is 0 Å². The van der Waals surface area contributed by atoms with Crippen molar-refractivity contribution in [2.24, 2.45) is 11.5 Å². The topological polar surface area (TPSA) is 86.2 Å². The summed E-state index contributed by atoms with van der Waals surface area (Å²) in [6.07, 6.45) is 0. The Labute approximate surface area is 42.4 Å². The molecule has 4 N–H and O–H groups in total. The van der Waals surface area contributed by atoms with Gasteiger partial charge in [-0.15, -0.1) is 0 Å². The second-order valence-corrected chi connectivity index (χ2v) is 3.23. The summed E-state index contributed by atoms with van der Waals surface area (Å²) in [7, 11) is -3.10. The lowest BCUT2D eigenvalue weighted by atomic mass is 11.5. The number of hydrogen-bond donors (Lipinski definition) is 2. The molecule has 0 saturated carbocycles. The van der Waals surface area contributed by atoms with E-state index in [1.165, 1.54) is 0 Å². The van der Waals surface area contributed by atoms with Crippen molar-refractivity contribution >= 4 is 9.84 Å². The van der Waals surface area contributed by atoms with Gasteiger partial charge in [0.15, 0.2) is 9.84 Å². The fourth-order valence-electron chi connectivity index (χ4n) is 0.0680. The molecule has 0 bridgehead atoms. The zero-order valence-corrected chi connectivity index (χ0v) is 4.61. The van der Waals surface area contributed by atoms with Gasteiger partial charge >= 0.3 is 0 Å². The van der Waals surface area contributed by atoms with Gasteiger partial charge in [0.25, 0.3) is 0 Å². The molecule has 0 spiro atoms. The van der Waals surface area contributed by atoms with E-state index < -0.39 is 9.84 Å². The van der Waals surface area contributed by atoms with Crippen molar-refractivity contribution in [1.29, 1.82) is 0 Å². The lowest BCUT2D eigenvalue weighted by Crippen LogP contribution is -2.22. The molecular weight excluding hydrogens is 116 g/mol. The quantitative estimate of drug-likeness (QED) is 0.456. The highest BCUT2D eigenvalue weighted by Crippen LogP contribution is 1.74. The summed E-state index contributed by atoms with van der Waals surface area (Å²) in [5.74, 6) is -0.715. The fraction of sp³-hybridized carbons (Fsp3) is 1.00. The molecule has 0 aliphatic heterocycles. The highest BCUT2D eigenvalue weighted by molar-refractivity contribution is 7.91. The molecule has 0 aliphatic rings. The van der Waals surface area contributed by atoms with E-state index >= 15 is 0 Å². The van der Waals surface area contributed by atoms with Crippen LogP contribution >= 0.6 is 0 Å². The van der Waals surface area contributed by atoms with E-state index in [0.29, 0.717) is 0 Å². The molecule has 0 rings (SSSR count). The van der Waals surface area contributed by atoms with Crippen LogP contribution in [0.3, 0.4) is 0 Å². The maximum Gasteiger partial charge on any atom is 0.175 e. The van der Waals surface area contributed by atoms with Crippen LogP contribution in [0.4, 0.5) is 0 Å².